The molecule has 0 bridgehead atoms. The summed E-state index contributed by atoms with van der Waals surface area (Å²) < 4.78 is 43.0. The molecule has 0 aliphatic heterocycles. The van der Waals surface area contributed by atoms with Gasteiger partial charge in [0, 0.05) is 36.8 Å². The predicted molar refractivity (Wildman–Crippen MR) is 186 cm³/mol. The van der Waals surface area contributed by atoms with E-state index in [2.05, 4.69) is 25.6 Å². The quantitative estimate of drug-likeness (QED) is 0.147. The number of nitrogens with zero attached hydrogens (tertiary/aromatic N) is 6. The number of hydrogen-bond donors (Lipinski definition) is 2. The normalized spacial score (nSPS) is 11.2. The Morgan fingerprint density at radius 2 is 1.72 bits per heavy atom. The van der Waals surface area contributed by atoms with Gasteiger partial charge in [0.25, 0.3) is 11.5 Å². The molecule has 0 saturated carbocycles. The maximum absolute atomic E-state index is 15.5. The third kappa shape index (κ3) is 7.60. The molecule has 50 heavy (non-hydrogen) atoms. The smallest absolute Gasteiger partial charge is 0.284 e. The molecular weight excluding hydrogens is 646 g/mol. The summed E-state index contributed by atoms with van der Waals surface area (Å²) in [5.41, 5.74) is 0.939. The van der Waals surface area contributed by atoms with E-state index >= 15 is 4.39 Å². The van der Waals surface area contributed by atoms with E-state index < -0.39 is 23.1 Å². The predicted octanol–water partition coefficient (Wildman–Crippen LogP) is 5.72. The monoisotopic (exact) mass is 680 g/mol. The van der Waals surface area contributed by atoms with E-state index in [1.54, 1.807) is 24.1 Å². The van der Waals surface area contributed by atoms with Crippen LogP contribution in [0.2, 0.25) is 0 Å². The van der Waals surface area contributed by atoms with Gasteiger partial charge in [-0.3, -0.25) is 9.59 Å². The van der Waals surface area contributed by atoms with Gasteiger partial charge in [-0.05, 0) is 87.2 Å². The zero-order valence-corrected chi connectivity index (χ0v) is 27.6. The first-order valence-corrected chi connectivity index (χ1v) is 15.7. The van der Waals surface area contributed by atoms with Crippen LogP contribution in [0.25, 0.3) is 16.7 Å². The van der Waals surface area contributed by atoms with Crippen LogP contribution in [-0.4, -0.2) is 69.6 Å². The molecule has 0 spiro atoms. The lowest BCUT2D eigenvalue weighted by Crippen LogP contribution is -2.29. The molecule has 0 saturated heterocycles. The van der Waals surface area contributed by atoms with Crippen LogP contribution in [-0.2, 0) is 6.54 Å². The van der Waals surface area contributed by atoms with Gasteiger partial charge in [-0.2, -0.15) is 14.9 Å². The van der Waals surface area contributed by atoms with Crippen molar-refractivity contribution >= 4 is 28.4 Å². The Morgan fingerprint density at radius 3 is 2.44 bits per heavy atom. The van der Waals surface area contributed by atoms with Crippen molar-refractivity contribution in [1.82, 2.24) is 29.4 Å². The number of fused-ring (bicyclic) bond motifs is 1. The first-order chi connectivity index (χ1) is 24.2. The summed E-state index contributed by atoms with van der Waals surface area (Å²) >= 11 is 0. The molecule has 256 valence electrons. The maximum atomic E-state index is 15.5. The number of hydrogen-bond acceptors (Lipinski definition) is 9. The molecule has 0 unspecified atom stereocenters. The van der Waals surface area contributed by atoms with Crippen molar-refractivity contribution in [2.75, 3.05) is 44.9 Å². The van der Waals surface area contributed by atoms with E-state index in [4.69, 9.17) is 14.6 Å². The summed E-state index contributed by atoms with van der Waals surface area (Å²) in [7, 11) is 5.62. The zero-order chi connectivity index (χ0) is 35.2. The molecule has 0 aliphatic carbocycles. The lowest BCUT2D eigenvalue weighted by Gasteiger charge is -2.12. The Balaban J connectivity index is 1.24. The standard InChI is InChI=1S/C36H34F2N8O4/c1-44(2)20-4-17-39-33-32-31(16-18-40-34(32)45(43-33)22-23-5-12-27(49-3)13-6-23)50-30-14-9-25(21-29(30)38)42-35(47)28-15-19-41-46(36(28)48)26-10-7-24(37)8-11-26/h5-16,18-19,21H,4,17,20,22H2,1-3H3,(H,39,43)(H,42,47). The van der Waals surface area contributed by atoms with Gasteiger partial charge in [-0.25, -0.2) is 18.4 Å². The van der Waals surface area contributed by atoms with Gasteiger partial charge in [0.05, 0.1) is 19.3 Å². The fraction of sp³-hybridized carbons (Fsp3) is 0.194. The summed E-state index contributed by atoms with van der Waals surface area (Å²) in [6.07, 6.45) is 3.70. The summed E-state index contributed by atoms with van der Waals surface area (Å²) in [6, 6.07) is 19.6. The third-order valence-corrected chi connectivity index (χ3v) is 7.73. The van der Waals surface area contributed by atoms with Gasteiger partial charge < -0.3 is 25.0 Å². The van der Waals surface area contributed by atoms with Crippen LogP contribution in [0.4, 0.5) is 20.3 Å². The van der Waals surface area contributed by atoms with Gasteiger partial charge in [0.15, 0.2) is 23.0 Å². The summed E-state index contributed by atoms with van der Waals surface area (Å²) in [5, 5.41) is 15.3. The van der Waals surface area contributed by atoms with Crippen LogP contribution in [0.1, 0.15) is 22.3 Å². The molecule has 3 aromatic carbocycles. The highest BCUT2D eigenvalue weighted by Crippen LogP contribution is 2.36. The lowest BCUT2D eigenvalue weighted by atomic mass is 10.2. The van der Waals surface area contributed by atoms with E-state index in [-0.39, 0.29) is 22.7 Å². The number of rotatable bonds is 13. The molecular formula is C36H34F2N8O4. The molecule has 0 fully saturated rings. The average Bonchev–Trinajstić information content (AvgIpc) is 3.46. The number of ether oxygens (including phenoxy) is 2. The van der Waals surface area contributed by atoms with Crippen LogP contribution < -0.4 is 25.7 Å². The van der Waals surface area contributed by atoms with Gasteiger partial charge in [-0.15, -0.1) is 0 Å². The number of halogens is 2. The molecule has 12 nitrogen and oxygen atoms in total. The highest BCUT2D eigenvalue weighted by atomic mass is 19.1. The van der Waals surface area contributed by atoms with Gasteiger partial charge in [-0.1, -0.05) is 12.1 Å². The summed E-state index contributed by atoms with van der Waals surface area (Å²) in [5.74, 6) is -0.483. The number of carbonyl (C=O) groups is 1. The zero-order valence-electron chi connectivity index (χ0n) is 27.6. The Bertz CT molecular complexity index is 2180. The van der Waals surface area contributed by atoms with Crippen LogP contribution in [0.3, 0.4) is 0 Å². The van der Waals surface area contributed by atoms with Crippen LogP contribution in [0.15, 0.2) is 96.1 Å². The summed E-state index contributed by atoms with van der Waals surface area (Å²) in [6.45, 7) is 1.93. The minimum atomic E-state index is -0.772. The first-order valence-electron chi connectivity index (χ1n) is 15.7. The number of carbonyl (C=O) groups excluding carboxylic acids is 1. The third-order valence-electron chi connectivity index (χ3n) is 7.73. The molecule has 0 atom stereocenters. The number of pyridine rings is 1. The second-order valence-electron chi connectivity index (χ2n) is 11.6. The Morgan fingerprint density at radius 1 is 0.940 bits per heavy atom. The number of methoxy groups -OCH3 is 1. The van der Waals surface area contributed by atoms with E-state index in [1.165, 1.54) is 48.7 Å². The lowest BCUT2D eigenvalue weighted by molar-refractivity contribution is 0.102. The molecule has 3 aromatic heterocycles. The van der Waals surface area contributed by atoms with Crippen molar-refractivity contribution in [1.29, 1.82) is 0 Å². The van der Waals surface area contributed by atoms with Gasteiger partial charge in [0.2, 0.25) is 0 Å². The van der Waals surface area contributed by atoms with Crippen LogP contribution in [0, 0.1) is 11.6 Å². The Kier molecular flexibility index (Phi) is 10.1. The highest BCUT2D eigenvalue weighted by molar-refractivity contribution is 6.04. The molecule has 6 aromatic rings. The molecule has 0 radical (unpaired) electrons. The molecule has 0 aliphatic rings. The van der Waals surface area contributed by atoms with Gasteiger partial charge in [0.1, 0.15) is 28.3 Å². The summed E-state index contributed by atoms with van der Waals surface area (Å²) in [4.78, 5) is 32.7. The van der Waals surface area contributed by atoms with E-state index in [0.29, 0.717) is 35.7 Å². The SMILES string of the molecule is COc1ccc(Cn2nc(NCCCN(C)C)c3c(Oc4ccc(NC(=O)c5ccnn(-c6ccc(F)cc6)c5=O)cc4F)ccnc32)cc1. The number of aromatic nitrogens is 5. The van der Waals surface area contributed by atoms with E-state index in [9.17, 15) is 14.0 Å². The minimum Gasteiger partial charge on any atom is -0.497 e. The highest BCUT2D eigenvalue weighted by Gasteiger charge is 2.20. The second-order valence-corrected chi connectivity index (χ2v) is 11.6. The van der Waals surface area contributed by atoms with E-state index in [0.717, 1.165) is 35.0 Å². The average molecular weight is 681 g/mol. The van der Waals surface area contributed by atoms with Crippen LogP contribution >= 0.6 is 0 Å². The number of nitrogens with one attached hydrogen (secondary N) is 2. The van der Waals surface area contributed by atoms with Crippen molar-refractivity contribution in [3.63, 3.8) is 0 Å². The maximum Gasteiger partial charge on any atom is 0.284 e. The molecule has 3 heterocycles. The largest absolute Gasteiger partial charge is 0.497 e. The van der Waals surface area contributed by atoms with Crippen molar-refractivity contribution in [3.8, 4) is 22.9 Å². The van der Waals surface area contributed by atoms with Crippen molar-refractivity contribution in [3.05, 3.63) is 124 Å². The number of amides is 1. The number of benzene rings is 3. The molecule has 6 rings (SSSR count). The van der Waals surface area contributed by atoms with Crippen molar-refractivity contribution in [2.45, 2.75) is 13.0 Å². The van der Waals surface area contributed by atoms with Gasteiger partial charge >= 0.3 is 0 Å². The molecule has 2 N–H and O–H groups in total. The Labute approximate surface area is 285 Å². The van der Waals surface area contributed by atoms with Crippen molar-refractivity contribution in [2.24, 2.45) is 0 Å². The first kappa shape index (κ1) is 33.7. The molecule has 14 heteroatoms. The second kappa shape index (κ2) is 15.0. The Hall–Kier alpha value is -6.15. The number of anilines is 2. The topological polar surface area (TPSA) is 128 Å². The minimum absolute atomic E-state index is 0.0971. The van der Waals surface area contributed by atoms with Crippen molar-refractivity contribution < 1.29 is 23.0 Å². The fourth-order valence-electron chi connectivity index (χ4n) is 5.22. The molecule has 1 amide bonds. The van der Waals surface area contributed by atoms with Crippen LogP contribution in [0.5, 0.6) is 17.2 Å². The fourth-order valence-corrected chi connectivity index (χ4v) is 5.22. The van der Waals surface area contributed by atoms with E-state index in [1.807, 2.05) is 38.4 Å².